The Balaban J connectivity index is 1.92. The standard InChI is InChI=1S/C16H21Cl3N2O/c17-16(18,19)15(20-13-9-5-2-6-10-13)21-14(22)11-12-7-3-1-4-8-12/h1,3-4,7-8,13,15,20H,2,5-6,9-11H2,(H,21,22)/t15-/m0/s1. The molecule has 2 N–H and O–H groups in total. The third-order valence-corrected chi connectivity index (χ3v) is 4.50. The Labute approximate surface area is 146 Å². The summed E-state index contributed by atoms with van der Waals surface area (Å²) in [5.41, 5.74) is 0.931. The highest BCUT2D eigenvalue weighted by Gasteiger charge is 2.35. The number of halogens is 3. The van der Waals surface area contributed by atoms with Gasteiger partial charge in [-0.1, -0.05) is 84.4 Å². The molecule has 1 amide bonds. The lowest BCUT2D eigenvalue weighted by molar-refractivity contribution is -0.121. The molecule has 0 aliphatic heterocycles. The van der Waals surface area contributed by atoms with Crippen molar-refractivity contribution >= 4 is 40.7 Å². The van der Waals surface area contributed by atoms with Crippen molar-refractivity contribution in [1.29, 1.82) is 0 Å². The largest absolute Gasteiger partial charge is 0.336 e. The molecular weight excluding hydrogens is 343 g/mol. The van der Waals surface area contributed by atoms with Crippen molar-refractivity contribution in [3.63, 3.8) is 0 Å². The van der Waals surface area contributed by atoms with Crippen LogP contribution in [0.5, 0.6) is 0 Å². The average molecular weight is 364 g/mol. The van der Waals surface area contributed by atoms with E-state index in [4.69, 9.17) is 34.8 Å². The third kappa shape index (κ3) is 5.96. The van der Waals surface area contributed by atoms with E-state index in [1.165, 1.54) is 19.3 Å². The molecule has 122 valence electrons. The Hall–Kier alpha value is -0.480. The molecule has 1 aliphatic carbocycles. The molecule has 2 rings (SSSR count). The second-order valence-corrected chi connectivity index (χ2v) is 8.08. The van der Waals surface area contributed by atoms with Crippen LogP contribution in [0.2, 0.25) is 0 Å². The molecule has 22 heavy (non-hydrogen) atoms. The molecule has 1 aliphatic rings. The monoisotopic (exact) mass is 362 g/mol. The number of nitrogens with one attached hydrogen (secondary N) is 2. The summed E-state index contributed by atoms with van der Waals surface area (Å²) in [4.78, 5) is 12.2. The fraction of sp³-hybridized carbons (Fsp3) is 0.562. The van der Waals surface area contributed by atoms with Crippen LogP contribution in [0.4, 0.5) is 0 Å². The van der Waals surface area contributed by atoms with Crippen LogP contribution in [0.1, 0.15) is 37.7 Å². The van der Waals surface area contributed by atoms with E-state index in [-0.39, 0.29) is 18.4 Å². The lowest BCUT2D eigenvalue weighted by Crippen LogP contribution is -2.57. The number of hydrogen-bond acceptors (Lipinski definition) is 2. The molecule has 0 heterocycles. The van der Waals surface area contributed by atoms with Gasteiger partial charge in [0.2, 0.25) is 9.70 Å². The Bertz CT molecular complexity index is 470. The second-order valence-electron chi connectivity index (χ2n) is 5.71. The predicted molar refractivity (Wildman–Crippen MR) is 92.4 cm³/mol. The first-order valence-corrected chi connectivity index (χ1v) is 8.74. The van der Waals surface area contributed by atoms with E-state index in [0.717, 1.165) is 18.4 Å². The zero-order valence-corrected chi connectivity index (χ0v) is 14.6. The summed E-state index contributed by atoms with van der Waals surface area (Å²) in [6.07, 6.45) is 5.26. The van der Waals surface area contributed by atoms with E-state index in [1.54, 1.807) is 0 Å². The van der Waals surface area contributed by atoms with Gasteiger partial charge in [0, 0.05) is 6.04 Å². The molecule has 3 nitrogen and oxygen atoms in total. The first-order valence-electron chi connectivity index (χ1n) is 7.61. The van der Waals surface area contributed by atoms with Crippen LogP contribution in [0.15, 0.2) is 30.3 Å². The Kier molecular flexibility index (Phi) is 6.82. The van der Waals surface area contributed by atoms with Crippen LogP contribution in [-0.4, -0.2) is 21.9 Å². The van der Waals surface area contributed by atoms with Crippen molar-refractivity contribution in [2.75, 3.05) is 0 Å². The molecule has 6 heteroatoms. The minimum absolute atomic E-state index is 0.161. The van der Waals surface area contributed by atoms with Gasteiger partial charge < -0.3 is 5.32 Å². The van der Waals surface area contributed by atoms with E-state index in [1.807, 2.05) is 30.3 Å². The van der Waals surface area contributed by atoms with Crippen LogP contribution >= 0.6 is 34.8 Å². The van der Waals surface area contributed by atoms with Crippen molar-refractivity contribution in [3.8, 4) is 0 Å². The summed E-state index contributed by atoms with van der Waals surface area (Å²) in [5.74, 6) is -0.161. The smallest absolute Gasteiger partial charge is 0.225 e. The molecule has 0 unspecified atom stereocenters. The lowest BCUT2D eigenvalue weighted by atomic mass is 9.95. The average Bonchev–Trinajstić information content (AvgIpc) is 2.48. The highest BCUT2D eigenvalue weighted by molar-refractivity contribution is 6.68. The van der Waals surface area contributed by atoms with Crippen molar-refractivity contribution in [2.45, 2.75) is 54.5 Å². The fourth-order valence-corrected chi connectivity index (χ4v) is 3.07. The normalized spacial score (nSPS) is 18.0. The zero-order valence-electron chi connectivity index (χ0n) is 12.3. The van der Waals surface area contributed by atoms with Gasteiger partial charge in [0.05, 0.1) is 6.42 Å². The number of amides is 1. The fourth-order valence-electron chi connectivity index (χ4n) is 2.72. The summed E-state index contributed by atoms with van der Waals surface area (Å²) >= 11 is 18.1. The summed E-state index contributed by atoms with van der Waals surface area (Å²) in [6.45, 7) is 0. The molecular formula is C16H21Cl3N2O. The molecule has 0 radical (unpaired) electrons. The van der Waals surface area contributed by atoms with Gasteiger partial charge in [0.15, 0.2) is 0 Å². The predicted octanol–water partition coefficient (Wildman–Crippen LogP) is 3.96. The van der Waals surface area contributed by atoms with Crippen molar-refractivity contribution in [3.05, 3.63) is 35.9 Å². The van der Waals surface area contributed by atoms with Crippen molar-refractivity contribution in [2.24, 2.45) is 0 Å². The molecule has 0 spiro atoms. The molecule has 0 bridgehead atoms. The minimum atomic E-state index is -1.58. The quantitative estimate of drug-likeness (QED) is 0.614. The number of alkyl halides is 3. The maximum absolute atomic E-state index is 12.2. The number of hydrogen-bond donors (Lipinski definition) is 2. The molecule has 1 atom stereocenters. The van der Waals surface area contributed by atoms with Gasteiger partial charge in [-0.25, -0.2) is 0 Å². The summed E-state index contributed by atoms with van der Waals surface area (Å²) in [7, 11) is 0. The number of carbonyl (C=O) groups is 1. The van der Waals surface area contributed by atoms with Gasteiger partial charge >= 0.3 is 0 Å². The maximum atomic E-state index is 12.2. The van der Waals surface area contributed by atoms with E-state index < -0.39 is 9.96 Å². The minimum Gasteiger partial charge on any atom is -0.336 e. The van der Waals surface area contributed by atoms with E-state index in [0.29, 0.717) is 0 Å². The van der Waals surface area contributed by atoms with Gasteiger partial charge in [-0.05, 0) is 18.4 Å². The van der Waals surface area contributed by atoms with E-state index in [9.17, 15) is 4.79 Å². The molecule has 1 aromatic rings. The summed E-state index contributed by atoms with van der Waals surface area (Å²) in [6, 6.07) is 9.80. The first kappa shape index (κ1) is 17.9. The lowest BCUT2D eigenvalue weighted by Gasteiger charge is -2.32. The van der Waals surface area contributed by atoms with Gasteiger partial charge in [-0.3, -0.25) is 10.1 Å². The zero-order chi connectivity index (χ0) is 16.0. The topological polar surface area (TPSA) is 41.1 Å². The van der Waals surface area contributed by atoms with Crippen molar-refractivity contribution < 1.29 is 4.79 Å². The van der Waals surface area contributed by atoms with Gasteiger partial charge in [-0.2, -0.15) is 0 Å². The molecule has 0 aromatic heterocycles. The Morgan fingerprint density at radius 3 is 2.36 bits per heavy atom. The van der Waals surface area contributed by atoms with Crippen LogP contribution in [0.3, 0.4) is 0 Å². The molecule has 1 saturated carbocycles. The van der Waals surface area contributed by atoms with E-state index >= 15 is 0 Å². The molecule has 0 saturated heterocycles. The third-order valence-electron chi connectivity index (χ3n) is 3.85. The molecule has 1 aromatic carbocycles. The highest BCUT2D eigenvalue weighted by Crippen LogP contribution is 2.30. The van der Waals surface area contributed by atoms with Crippen LogP contribution in [0.25, 0.3) is 0 Å². The highest BCUT2D eigenvalue weighted by atomic mass is 35.6. The van der Waals surface area contributed by atoms with E-state index in [2.05, 4.69) is 10.6 Å². The van der Waals surface area contributed by atoms with Crippen LogP contribution in [-0.2, 0) is 11.2 Å². The van der Waals surface area contributed by atoms with Gasteiger partial charge in [-0.15, -0.1) is 0 Å². The number of benzene rings is 1. The van der Waals surface area contributed by atoms with Crippen LogP contribution < -0.4 is 10.6 Å². The number of carbonyl (C=O) groups excluding carboxylic acids is 1. The maximum Gasteiger partial charge on any atom is 0.225 e. The van der Waals surface area contributed by atoms with Gasteiger partial charge in [0.1, 0.15) is 6.17 Å². The Morgan fingerprint density at radius 2 is 1.77 bits per heavy atom. The van der Waals surface area contributed by atoms with Crippen LogP contribution in [0, 0.1) is 0 Å². The Morgan fingerprint density at radius 1 is 1.14 bits per heavy atom. The SMILES string of the molecule is O=C(Cc1ccccc1)N[C@H](NC1CCCCC1)C(Cl)(Cl)Cl. The summed E-state index contributed by atoms with van der Waals surface area (Å²) < 4.78 is -1.58. The second kappa shape index (κ2) is 8.39. The summed E-state index contributed by atoms with van der Waals surface area (Å²) in [5, 5.41) is 6.09. The molecule has 1 fully saturated rings. The van der Waals surface area contributed by atoms with Gasteiger partial charge in [0.25, 0.3) is 0 Å². The first-order chi connectivity index (χ1) is 10.4. The number of rotatable bonds is 5. The van der Waals surface area contributed by atoms with Crippen molar-refractivity contribution in [1.82, 2.24) is 10.6 Å².